The molecule has 0 bridgehead atoms. The molecule has 0 atom stereocenters. The van der Waals surface area contributed by atoms with Gasteiger partial charge in [-0.3, -0.25) is 0 Å². The minimum Gasteiger partial charge on any atom is -0.392 e. The normalized spacial score (nSPS) is 12.5. The third-order valence-electron chi connectivity index (χ3n) is 1.39. The monoisotopic (exact) mass is 166 g/mol. The van der Waals surface area contributed by atoms with Crippen molar-refractivity contribution in [2.24, 2.45) is 0 Å². The van der Waals surface area contributed by atoms with E-state index in [1.165, 1.54) is 0 Å². The average Bonchev–Trinajstić information content (AvgIpc) is 2.10. The number of hydrogen-bond donors (Lipinski definition) is 1. The fourth-order valence-corrected chi connectivity index (χ4v) is 0.791. The molecule has 68 valence electrons. The Labute approximate surface area is 75.1 Å². The van der Waals surface area contributed by atoms with Gasteiger partial charge in [-0.2, -0.15) is 0 Å². The van der Waals surface area contributed by atoms with E-state index in [1.807, 2.05) is 12.2 Å². The molecule has 0 amide bonds. The molecular weight excluding hydrogens is 148 g/mol. The van der Waals surface area contributed by atoms with E-state index in [4.69, 9.17) is 5.11 Å². The van der Waals surface area contributed by atoms with Gasteiger partial charge in [-0.15, -0.1) is 0 Å². The van der Waals surface area contributed by atoms with Gasteiger partial charge in [0, 0.05) is 0 Å². The van der Waals surface area contributed by atoms with Gasteiger partial charge in [-0.05, 0) is 19.3 Å². The summed E-state index contributed by atoms with van der Waals surface area (Å²) in [5.41, 5.74) is 0. The summed E-state index contributed by atoms with van der Waals surface area (Å²) in [5, 5.41) is 8.41. The summed E-state index contributed by atoms with van der Waals surface area (Å²) in [6.45, 7) is 2.26. The van der Waals surface area contributed by atoms with Crippen LogP contribution in [0.3, 0.4) is 0 Å². The summed E-state index contributed by atoms with van der Waals surface area (Å²) < 4.78 is 0. The lowest BCUT2D eigenvalue weighted by atomic mass is 10.2. The SMILES string of the molecule is CC/C=C/CC/C=C/C=C/CO. The van der Waals surface area contributed by atoms with Crippen LogP contribution in [0.1, 0.15) is 26.2 Å². The van der Waals surface area contributed by atoms with Crippen LogP contribution in [0, 0.1) is 0 Å². The van der Waals surface area contributed by atoms with Crippen LogP contribution in [0.15, 0.2) is 36.5 Å². The van der Waals surface area contributed by atoms with E-state index in [2.05, 4.69) is 25.2 Å². The predicted molar refractivity (Wildman–Crippen MR) is 54.0 cm³/mol. The molecule has 0 aromatic heterocycles. The van der Waals surface area contributed by atoms with Gasteiger partial charge in [0.15, 0.2) is 0 Å². The predicted octanol–water partition coefficient (Wildman–Crippen LogP) is 2.84. The largest absolute Gasteiger partial charge is 0.392 e. The number of allylic oxidation sites excluding steroid dienone is 5. The third kappa shape index (κ3) is 9.18. The van der Waals surface area contributed by atoms with Crippen molar-refractivity contribution in [3.8, 4) is 0 Å². The van der Waals surface area contributed by atoms with Gasteiger partial charge in [0.1, 0.15) is 0 Å². The zero-order valence-electron chi connectivity index (χ0n) is 7.74. The van der Waals surface area contributed by atoms with Gasteiger partial charge in [-0.25, -0.2) is 0 Å². The maximum atomic E-state index is 8.41. The zero-order chi connectivity index (χ0) is 9.07. The molecular formula is C11H18O. The molecule has 0 saturated heterocycles. The summed E-state index contributed by atoms with van der Waals surface area (Å²) in [6, 6.07) is 0. The second kappa shape index (κ2) is 10.2. The van der Waals surface area contributed by atoms with Crippen LogP contribution < -0.4 is 0 Å². The van der Waals surface area contributed by atoms with Gasteiger partial charge in [0.05, 0.1) is 6.61 Å². The Kier molecular flexibility index (Phi) is 9.48. The van der Waals surface area contributed by atoms with Crippen LogP contribution in [-0.4, -0.2) is 11.7 Å². The number of unbranched alkanes of at least 4 members (excludes halogenated alkanes) is 1. The number of aliphatic hydroxyl groups is 1. The molecule has 0 aromatic rings. The van der Waals surface area contributed by atoms with E-state index in [1.54, 1.807) is 6.08 Å². The van der Waals surface area contributed by atoms with Gasteiger partial charge in [-0.1, -0.05) is 43.4 Å². The number of aliphatic hydroxyl groups excluding tert-OH is 1. The second-order valence-corrected chi connectivity index (χ2v) is 2.50. The van der Waals surface area contributed by atoms with Crippen LogP contribution in [0.25, 0.3) is 0 Å². The quantitative estimate of drug-likeness (QED) is 0.365. The van der Waals surface area contributed by atoms with Crippen molar-refractivity contribution >= 4 is 0 Å². The summed E-state index contributed by atoms with van der Waals surface area (Å²) in [6.07, 6.45) is 15.3. The molecule has 0 aliphatic rings. The van der Waals surface area contributed by atoms with Crippen molar-refractivity contribution in [3.63, 3.8) is 0 Å². The van der Waals surface area contributed by atoms with Crippen LogP contribution in [-0.2, 0) is 0 Å². The maximum absolute atomic E-state index is 8.41. The molecule has 0 fully saturated rings. The molecule has 0 aliphatic carbocycles. The van der Waals surface area contributed by atoms with Crippen molar-refractivity contribution in [2.45, 2.75) is 26.2 Å². The first-order valence-corrected chi connectivity index (χ1v) is 4.49. The molecule has 0 heterocycles. The lowest BCUT2D eigenvalue weighted by Crippen LogP contribution is -1.68. The third-order valence-corrected chi connectivity index (χ3v) is 1.39. The Morgan fingerprint density at radius 1 is 0.917 bits per heavy atom. The topological polar surface area (TPSA) is 20.2 Å². The Morgan fingerprint density at radius 3 is 2.25 bits per heavy atom. The Bertz CT molecular complexity index is 154. The van der Waals surface area contributed by atoms with Crippen molar-refractivity contribution in [1.82, 2.24) is 0 Å². The Balaban J connectivity index is 3.24. The minimum atomic E-state index is 0.125. The molecule has 0 aliphatic heterocycles. The highest BCUT2D eigenvalue weighted by molar-refractivity contribution is 5.02. The lowest BCUT2D eigenvalue weighted by molar-refractivity contribution is 0.343. The van der Waals surface area contributed by atoms with E-state index >= 15 is 0 Å². The first kappa shape index (κ1) is 11.2. The van der Waals surface area contributed by atoms with E-state index in [0.29, 0.717) is 0 Å². The highest BCUT2D eigenvalue weighted by Crippen LogP contribution is 1.94. The molecule has 1 heteroatoms. The van der Waals surface area contributed by atoms with Crippen molar-refractivity contribution in [1.29, 1.82) is 0 Å². The summed E-state index contributed by atoms with van der Waals surface area (Å²) in [7, 11) is 0. The molecule has 0 saturated carbocycles. The van der Waals surface area contributed by atoms with E-state index in [-0.39, 0.29) is 6.61 Å². The van der Waals surface area contributed by atoms with Crippen LogP contribution in [0.2, 0.25) is 0 Å². The average molecular weight is 166 g/mol. The van der Waals surface area contributed by atoms with Crippen LogP contribution >= 0.6 is 0 Å². The minimum absolute atomic E-state index is 0.125. The fraction of sp³-hybridized carbons (Fsp3) is 0.455. The van der Waals surface area contributed by atoms with E-state index in [9.17, 15) is 0 Å². The number of hydrogen-bond acceptors (Lipinski definition) is 1. The Hall–Kier alpha value is -0.820. The second-order valence-electron chi connectivity index (χ2n) is 2.50. The molecule has 0 unspecified atom stereocenters. The highest BCUT2D eigenvalue weighted by atomic mass is 16.2. The van der Waals surface area contributed by atoms with E-state index < -0.39 is 0 Å². The first-order valence-electron chi connectivity index (χ1n) is 4.49. The van der Waals surface area contributed by atoms with Gasteiger partial charge >= 0.3 is 0 Å². The van der Waals surface area contributed by atoms with Crippen molar-refractivity contribution in [2.75, 3.05) is 6.61 Å². The molecule has 0 radical (unpaired) electrons. The van der Waals surface area contributed by atoms with Crippen molar-refractivity contribution in [3.05, 3.63) is 36.5 Å². The molecule has 0 spiro atoms. The summed E-state index contributed by atoms with van der Waals surface area (Å²) >= 11 is 0. The smallest absolute Gasteiger partial charge is 0.0615 e. The zero-order valence-corrected chi connectivity index (χ0v) is 7.74. The summed E-state index contributed by atoms with van der Waals surface area (Å²) in [5.74, 6) is 0. The van der Waals surface area contributed by atoms with E-state index in [0.717, 1.165) is 19.3 Å². The maximum Gasteiger partial charge on any atom is 0.0615 e. The Morgan fingerprint density at radius 2 is 1.58 bits per heavy atom. The first-order chi connectivity index (χ1) is 5.91. The van der Waals surface area contributed by atoms with Crippen molar-refractivity contribution < 1.29 is 5.11 Å². The highest BCUT2D eigenvalue weighted by Gasteiger charge is 1.74. The standard InChI is InChI=1S/C11H18O/c1-2-3-4-5-6-7-8-9-10-11-12/h3-4,7-10,12H,2,5-6,11H2,1H3/b4-3+,8-7+,10-9+. The molecule has 1 N–H and O–H groups in total. The molecule has 12 heavy (non-hydrogen) atoms. The summed E-state index contributed by atoms with van der Waals surface area (Å²) in [4.78, 5) is 0. The number of rotatable bonds is 6. The molecule has 0 aromatic carbocycles. The van der Waals surface area contributed by atoms with Gasteiger partial charge in [0.2, 0.25) is 0 Å². The van der Waals surface area contributed by atoms with Gasteiger partial charge in [0.25, 0.3) is 0 Å². The molecule has 1 nitrogen and oxygen atoms in total. The fourth-order valence-electron chi connectivity index (χ4n) is 0.791. The van der Waals surface area contributed by atoms with Crippen LogP contribution in [0.5, 0.6) is 0 Å². The molecule has 0 rings (SSSR count). The van der Waals surface area contributed by atoms with Gasteiger partial charge < -0.3 is 5.11 Å². The van der Waals surface area contributed by atoms with Crippen LogP contribution in [0.4, 0.5) is 0 Å². The lowest BCUT2D eigenvalue weighted by Gasteiger charge is -1.84.